The number of nitrogens with one attached hydrogen (secondary N) is 1. The number of hydrogen-bond donors (Lipinski definition) is 1. The molecule has 158 valence electrons. The summed E-state index contributed by atoms with van der Waals surface area (Å²) in [6.45, 7) is 4.46. The highest BCUT2D eigenvalue weighted by Gasteiger charge is 2.36. The molecule has 0 saturated carbocycles. The normalized spacial score (nSPS) is 17.4. The Hall–Kier alpha value is -2.81. The third-order valence-corrected chi connectivity index (χ3v) is 6.37. The summed E-state index contributed by atoms with van der Waals surface area (Å²) in [7, 11) is 3.52. The molecule has 2 heterocycles. The van der Waals surface area contributed by atoms with Gasteiger partial charge >= 0.3 is 0 Å². The zero-order valence-corrected chi connectivity index (χ0v) is 18.4. The molecule has 0 aliphatic heterocycles. The predicted molar refractivity (Wildman–Crippen MR) is 115 cm³/mol. The van der Waals surface area contributed by atoms with Crippen molar-refractivity contribution < 1.29 is 9.53 Å². The number of methoxy groups -OCH3 is 1. The molecule has 0 spiro atoms. The van der Waals surface area contributed by atoms with Gasteiger partial charge in [0.2, 0.25) is 5.91 Å². The van der Waals surface area contributed by atoms with Crippen LogP contribution in [0.15, 0.2) is 41.9 Å². The van der Waals surface area contributed by atoms with E-state index in [0.29, 0.717) is 5.75 Å². The third kappa shape index (κ3) is 4.21. The van der Waals surface area contributed by atoms with Gasteiger partial charge in [-0.15, -0.1) is 10.2 Å². The van der Waals surface area contributed by atoms with Crippen LogP contribution < -0.4 is 10.1 Å². The molecule has 9 heteroatoms. The highest BCUT2D eigenvalue weighted by Crippen LogP contribution is 2.41. The number of amides is 1. The van der Waals surface area contributed by atoms with Crippen molar-refractivity contribution >= 4 is 17.7 Å². The number of aromatic nitrogens is 5. The van der Waals surface area contributed by atoms with Gasteiger partial charge in [0.1, 0.15) is 12.1 Å². The van der Waals surface area contributed by atoms with Gasteiger partial charge in [0.25, 0.3) is 0 Å². The molecule has 0 fully saturated rings. The molecule has 8 nitrogen and oxygen atoms in total. The summed E-state index contributed by atoms with van der Waals surface area (Å²) in [6, 6.07) is 7.79. The maximum Gasteiger partial charge on any atom is 0.230 e. The monoisotopic (exact) mass is 426 g/mol. The van der Waals surface area contributed by atoms with E-state index in [0.717, 1.165) is 40.7 Å². The predicted octanol–water partition coefficient (Wildman–Crippen LogP) is 2.93. The molecule has 0 unspecified atom stereocenters. The molecule has 0 saturated heterocycles. The fourth-order valence-electron chi connectivity index (χ4n) is 3.89. The Morgan fingerprint density at radius 2 is 2.10 bits per heavy atom. The summed E-state index contributed by atoms with van der Waals surface area (Å²) in [5.41, 5.74) is 3.26. The van der Waals surface area contributed by atoms with Crippen LogP contribution in [-0.4, -0.2) is 43.3 Å². The molecule has 1 atom stereocenters. The first-order valence-electron chi connectivity index (χ1n) is 9.84. The molecule has 1 aliphatic rings. The fourth-order valence-corrected chi connectivity index (χ4v) is 4.59. The zero-order valence-electron chi connectivity index (χ0n) is 17.6. The van der Waals surface area contributed by atoms with Crippen LogP contribution in [0.25, 0.3) is 5.69 Å². The molecule has 1 N–H and O–H groups in total. The highest BCUT2D eigenvalue weighted by atomic mass is 32.2. The van der Waals surface area contributed by atoms with E-state index in [4.69, 9.17) is 4.74 Å². The van der Waals surface area contributed by atoms with Crippen LogP contribution in [0.4, 0.5) is 0 Å². The Balaban J connectivity index is 1.53. The average Bonchev–Trinajstić information content (AvgIpc) is 3.31. The first-order chi connectivity index (χ1) is 14.4. The summed E-state index contributed by atoms with van der Waals surface area (Å²) < 4.78 is 9.04. The van der Waals surface area contributed by atoms with E-state index >= 15 is 0 Å². The van der Waals surface area contributed by atoms with Crippen LogP contribution >= 0.6 is 11.8 Å². The van der Waals surface area contributed by atoms with Crippen molar-refractivity contribution in [3.8, 4) is 11.4 Å². The number of carbonyl (C=O) groups is 1. The van der Waals surface area contributed by atoms with Gasteiger partial charge < -0.3 is 14.6 Å². The minimum atomic E-state index is -0.0663. The second kappa shape index (κ2) is 8.14. The van der Waals surface area contributed by atoms with E-state index in [-0.39, 0.29) is 17.4 Å². The molecular formula is C21H26N6O2S. The largest absolute Gasteiger partial charge is 0.497 e. The molecule has 1 aliphatic carbocycles. The number of hydrogen-bond acceptors (Lipinski definition) is 6. The fraction of sp³-hybridized carbons (Fsp3) is 0.429. The van der Waals surface area contributed by atoms with E-state index in [1.165, 1.54) is 11.8 Å². The van der Waals surface area contributed by atoms with Crippen molar-refractivity contribution in [1.29, 1.82) is 0 Å². The summed E-state index contributed by atoms with van der Waals surface area (Å²) in [5, 5.41) is 16.4. The number of benzene rings is 1. The summed E-state index contributed by atoms with van der Waals surface area (Å²) in [6.07, 6.45) is 5.28. The lowest BCUT2D eigenvalue weighted by atomic mass is 9.74. The minimum Gasteiger partial charge on any atom is -0.497 e. The van der Waals surface area contributed by atoms with E-state index in [2.05, 4.69) is 34.5 Å². The quantitative estimate of drug-likeness (QED) is 0.610. The van der Waals surface area contributed by atoms with Gasteiger partial charge in [-0.1, -0.05) is 25.6 Å². The lowest BCUT2D eigenvalue weighted by Gasteiger charge is -2.36. The Labute approximate surface area is 180 Å². The number of rotatable bonds is 6. The van der Waals surface area contributed by atoms with Gasteiger partial charge in [-0.2, -0.15) is 5.10 Å². The molecule has 1 amide bonds. The first kappa shape index (κ1) is 20.5. The van der Waals surface area contributed by atoms with Crippen LogP contribution in [-0.2, 0) is 18.3 Å². The second-order valence-corrected chi connectivity index (χ2v) is 9.28. The lowest BCUT2D eigenvalue weighted by molar-refractivity contribution is -0.119. The van der Waals surface area contributed by atoms with E-state index < -0.39 is 0 Å². The standard InChI is InChI=1S/C21H26N6O2S/c1-21(2)9-17(24-19(28)12-30-20-25-22-13-26(20)3)16-11-23-27(18(16)10-21)14-5-7-15(29-4)8-6-14/h5-8,11,13,17H,9-10,12H2,1-4H3,(H,24,28)/t17-/m1/s1. The minimum absolute atomic E-state index is 0.0196. The molecule has 3 aromatic rings. The second-order valence-electron chi connectivity index (χ2n) is 8.33. The van der Waals surface area contributed by atoms with Crippen LogP contribution in [0.2, 0.25) is 0 Å². The molecule has 1 aromatic carbocycles. The van der Waals surface area contributed by atoms with Gasteiger partial charge in [-0.25, -0.2) is 4.68 Å². The van der Waals surface area contributed by atoms with Crippen LogP contribution in [0.3, 0.4) is 0 Å². The molecule has 30 heavy (non-hydrogen) atoms. The van der Waals surface area contributed by atoms with Crippen molar-refractivity contribution in [2.45, 2.75) is 37.9 Å². The lowest BCUT2D eigenvalue weighted by Crippen LogP contribution is -2.37. The highest BCUT2D eigenvalue weighted by molar-refractivity contribution is 7.99. The SMILES string of the molecule is COc1ccc(-n2ncc3c2CC(C)(C)C[C@H]3NC(=O)CSc2nncn2C)cc1. The van der Waals surface area contributed by atoms with E-state index in [9.17, 15) is 4.79 Å². The molecule has 4 rings (SSSR count). The third-order valence-electron chi connectivity index (χ3n) is 5.33. The molecule has 2 aromatic heterocycles. The number of fused-ring (bicyclic) bond motifs is 1. The van der Waals surface area contributed by atoms with Crippen LogP contribution in [0, 0.1) is 5.41 Å². The van der Waals surface area contributed by atoms with E-state index in [1.54, 1.807) is 18.0 Å². The van der Waals surface area contributed by atoms with Gasteiger partial charge in [0.15, 0.2) is 5.16 Å². The maximum atomic E-state index is 12.7. The van der Waals surface area contributed by atoms with Crippen LogP contribution in [0.1, 0.15) is 37.6 Å². The molecular weight excluding hydrogens is 400 g/mol. The molecule has 0 bridgehead atoms. The zero-order chi connectivity index (χ0) is 21.3. The van der Waals surface area contributed by atoms with Crippen LogP contribution in [0.5, 0.6) is 5.75 Å². The van der Waals surface area contributed by atoms with Gasteiger partial charge in [0, 0.05) is 12.6 Å². The number of ether oxygens (including phenoxy) is 1. The maximum absolute atomic E-state index is 12.7. The Bertz CT molecular complexity index is 1040. The van der Waals surface area contributed by atoms with Crippen molar-refractivity contribution in [3.63, 3.8) is 0 Å². The smallest absolute Gasteiger partial charge is 0.230 e. The van der Waals surface area contributed by atoms with Gasteiger partial charge in [-0.05, 0) is 42.5 Å². The van der Waals surface area contributed by atoms with Gasteiger partial charge in [-0.3, -0.25) is 4.79 Å². The number of aryl methyl sites for hydroxylation is 1. The topological polar surface area (TPSA) is 86.9 Å². The number of nitrogens with zero attached hydrogens (tertiary/aromatic N) is 5. The first-order valence-corrected chi connectivity index (χ1v) is 10.8. The average molecular weight is 427 g/mol. The Morgan fingerprint density at radius 3 is 2.77 bits per heavy atom. The van der Waals surface area contributed by atoms with Gasteiger partial charge in [0.05, 0.1) is 36.5 Å². The summed E-state index contributed by atoms with van der Waals surface area (Å²) in [4.78, 5) is 12.7. The number of carbonyl (C=O) groups excluding carboxylic acids is 1. The van der Waals surface area contributed by atoms with Crippen molar-refractivity contribution in [1.82, 2.24) is 29.9 Å². The Morgan fingerprint density at radius 1 is 1.33 bits per heavy atom. The summed E-state index contributed by atoms with van der Waals surface area (Å²) in [5.74, 6) is 1.09. The van der Waals surface area contributed by atoms with E-state index in [1.807, 2.05) is 42.2 Å². The summed E-state index contributed by atoms with van der Waals surface area (Å²) >= 11 is 1.38. The van der Waals surface area contributed by atoms with Crippen molar-refractivity contribution in [2.75, 3.05) is 12.9 Å². The Kier molecular flexibility index (Phi) is 5.55. The van der Waals surface area contributed by atoms with Crippen molar-refractivity contribution in [3.05, 3.63) is 48.0 Å². The molecule has 0 radical (unpaired) electrons. The van der Waals surface area contributed by atoms with Crippen molar-refractivity contribution in [2.24, 2.45) is 12.5 Å². The number of thioether (sulfide) groups is 1.